The Morgan fingerprint density at radius 1 is 1.26 bits per heavy atom. The zero-order valence-corrected chi connectivity index (χ0v) is 14.2. The highest BCUT2D eigenvalue weighted by Gasteiger charge is 2.05. The zero-order valence-electron chi connectivity index (χ0n) is 11.9. The molecule has 2 rings (SSSR count). The molecule has 6 heteroatoms. The number of rotatable bonds is 2. The molecular weight excluding hydrogens is 328 g/mol. The van der Waals surface area contributed by atoms with Crippen LogP contribution in [-0.4, -0.2) is 26.5 Å². The Balaban J connectivity index is 0.000000224. The van der Waals surface area contributed by atoms with Crippen molar-refractivity contribution in [3.63, 3.8) is 0 Å². The van der Waals surface area contributed by atoms with Gasteiger partial charge in [0.2, 0.25) is 0 Å². The van der Waals surface area contributed by atoms with E-state index in [-0.39, 0.29) is 0 Å². The van der Waals surface area contributed by atoms with Gasteiger partial charge in [-0.2, -0.15) is 0 Å². The molecule has 2 heterocycles. The Morgan fingerprint density at radius 3 is 2.32 bits per heavy atom. The van der Waals surface area contributed by atoms with Gasteiger partial charge in [0, 0.05) is 18.3 Å². The van der Waals surface area contributed by atoms with Crippen LogP contribution in [0.1, 0.15) is 33.4 Å². The third kappa shape index (κ3) is 5.09. The fourth-order valence-electron chi connectivity index (χ4n) is 1.70. The molecule has 0 aromatic carbocycles. The minimum absolute atomic E-state index is 0.549. The standard InChI is InChI=1S/C7H5BrClN3.C6H15N/c1-4-3-12-5(11-4)2-10-6(8)7(12)9;1-5(2)7-6(3)4/h2-3H,1H3;5-7H,1-4H3. The van der Waals surface area contributed by atoms with Crippen LogP contribution in [0.25, 0.3) is 5.65 Å². The second-order valence-electron chi connectivity index (χ2n) is 4.93. The molecule has 0 fully saturated rings. The summed E-state index contributed by atoms with van der Waals surface area (Å²) in [7, 11) is 0. The Labute approximate surface area is 127 Å². The van der Waals surface area contributed by atoms with Crippen molar-refractivity contribution in [2.75, 3.05) is 0 Å². The number of fused-ring (bicyclic) bond motifs is 1. The van der Waals surface area contributed by atoms with E-state index in [1.165, 1.54) is 0 Å². The van der Waals surface area contributed by atoms with E-state index in [1.54, 1.807) is 10.6 Å². The van der Waals surface area contributed by atoms with Crippen molar-refractivity contribution < 1.29 is 0 Å². The molecule has 2 aromatic heterocycles. The molecule has 0 bridgehead atoms. The van der Waals surface area contributed by atoms with Crippen molar-refractivity contribution in [1.29, 1.82) is 0 Å². The molecule has 0 atom stereocenters. The van der Waals surface area contributed by atoms with E-state index in [0.29, 0.717) is 21.8 Å². The summed E-state index contributed by atoms with van der Waals surface area (Å²) in [6.45, 7) is 10.5. The van der Waals surface area contributed by atoms with Crippen molar-refractivity contribution in [2.24, 2.45) is 0 Å². The summed E-state index contributed by atoms with van der Waals surface area (Å²) in [5.41, 5.74) is 1.69. The summed E-state index contributed by atoms with van der Waals surface area (Å²) in [5.74, 6) is 0. The van der Waals surface area contributed by atoms with Gasteiger partial charge in [0.15, 0.2) is 5.65 Å². The van der Waals surface area contributed by atoms with Crippen molar-refractivity contribution in [2.45, 2.75) is 46.7 Å². The van der Waals surface area contributed by atoms with E-state index >= 15 is 0 Å². The summed E-state index contributed by atoms with van der Waals surface area (Å²) < 4.78 is 2.42. The van der Waals surface area contributed by atoms with Crippen LogP contribution in [0.2, 0.25) is 5.15 Å². The smallest absolute Gasteiger partial charge is 0.156 e. The normalized spacial score (nSPS) is 11.0. The van der Waals surface area contributed by atoms with Gasteiger partial charge in [-0.3, -0.25) is 4.40 Å². The van der Waals surface area contributed by atoms with Crippen LogP contribution >= 0.6 is 27.5 Å². The number of aromatic nitrogens is 3. The topological polar surface area (TPSA) is 42.2 Å². The van der Waals surface area contributed by atoms with Crippen LogP contribution in [0.5, 0.6) is 0 Å². The van der Waals surface area contributed by atoms with E-state index in [9.17, 15) is 0 Å². The molecule has 4 nitrogen and oxygen atoms in total. The predicted octanol–water partition coefficient (Wildman–Crippen LogP) is 3.85. The third-order valence-electron chi connectivity index (χ3n) is 2.20. The summed E-state index contributed by atoms with van der Waals surface area (Å²) in [6.07, 6.45) is 3.53. The van der Waals surface area contributed by atoms with Crippen molar-refractivity contribution in [1.82, 2.24) is 19.7 Å². The van der Waals surface area contributed by atoms with Crippen LogP contribution in [0.15, 0.2) is 17.0 Å². The van der Waals surface area contributed by atoms with Gasteiger partial charge in [-0.25, -0.2) is 9.97 Å². The maximum Gasteiger partial charge on any atom is 0.156 e. The number of halogens is 2. The summed E-state index contributed by atoms with van der Waals surface area (Å²) >= 11 is 9.19. The Hall–Kier alpha value is -0.650. The van der Waals surface area contributed by atoms with Crippen molar-refractivity contribution in [3.8, 4) is 0 Å². The van der Waals surface area contributed by atoms with Gasteiger partial charge in [0.25, 0.3) is 0 Å². The molecule has 0 aliphatic carbocycles. The van der Waals surface area contributed by atoms with E-state index in [1.807, 2.05) is 13.1 Å². The number of hydrogen-bond acceptors (Lipinski definition) is 3. The molecule has 0 saturated carbocycles. The average molecular weight is 348 g/mol. The molecular formula is C13H20BrClN4. The number of nitrogens with zero attached hydrogens (tertiary/aromatic N) is 3. The summed E-state index contributed by atoms with van der Waals surface area (Å²) in [6, 6.07) is 1.25. The third-order valence-corrected chi connectivity index (χ3v) is 3.37. The van der Waals surface area contributed by atoms with Crippen LogP contribution in [0.4, 0.5) is 0 Å². The van der Waals surface area contributed by atoms with Crippen LogP contribution < -0.4 is 5.32 Å². The number of aryl methyl sites for hydroxylation is 1. The van der Waals surface area contributed by atoms with Crippen LogP contribution in [0.3, 0.4) is 0 Å². The lowest BCUT2D eigenvalue weighted by atomic mass is 10.3. The maximum absolute atomic E-state index is 5.95. The van der Waals surface area contributed by atoms with Gasteiger partial charge in [0.1, 0.15) is 9.76 Å². The lowest BCUT2D eigenvalue weighted by Crippen LogP contribution is -2.29. The lowest BCUT2D eigenvalue weighted by molar-refractivity contribution is 0.518. The van der Waals surface area contributed by atoms with Gasteiger partial charge < -0.3 is 5.32 Å². The zero-order chi connectivity index (χ0) is 14.6. The first-order valence-electron chi connectivity index (χ1n) is 6.23. The van der Waals surface area contributed by atoms with Crippen LogP contribution in [-0.2, 0) is 0 Å². The molecule has 0 unspecified atom stereocenters. The van der Waals surface area contributed by atoms with Crippen molar-refractivity contribution in [3.05, 3.63) is 27.8 Å². The molecule has 0 saturated heterocycles. The van der Waals surface area contributed by atoms with E-state index < -0.39 is 0 Å². The molecule has 0 spiro atoms. The SMILES string of the molecule is CC(C)NC(C)C.Cc1cn2c(Cl)c(Br)ncc2n1. The van der Waals surface area contributed by atoms with E-state index in [2.05, 4.69) is 58.9 Å². The van der Waals surface area contributed by atoms with Gasteiger partial charge >= 0.3 is 0 Å². The highest BCUT2D eigenvalue weighted by molar-refractivity contribution is 9.10. The maximum atomic E-state index is 5.95. The molecule has 0 aliphatic heterocycles. The van der Waals surface area contributed by atoms with Crippen molar-refractivity contribution >= 4 is 33.2 Å². The molecule has 19 heavy (non-hydrogen) atoms. The first-order chi connectivity index (χ1) is 8.81. The molecule has 0 aliphatic rings. The Kier molecular flexibility index (Phi) is 6.23. The first-order valence-corrected chi connectivity index (χ1v) is 7.40. The van der Waals surface area contributed by atoms with Gasteiger partial charge in [-0.15, -0.1) is 0 Å². The van der Waals surface area contributed by atoms with Gasteiger partial charge in [-0.1, -0.05) is 39.3 Å². The Morgan fingerprint density at radius 2 is 1.84 bits per heavy atom. The van der Waals surface area contributed by atoms with E-state index in [0.717, 1.165) is 11.3 Å². The van der Waals surface area contributed by atoms with Crippen LogP contribution in [0, 0.1) is 6.92 Å². The summed E-state index contributed by atoms with van der Waals surface area (Å²) in [5, 5.41) is 3.85. The average Bonchev–Trinajstić information content (AvgIpc) is 2.64. The summed E-state index contributed by atoms with van der Waals surface area (Å²) in [4.78, 5) is 8.23. The Bertz CT molecular complexity index is 531. The minimum atomic E-state index is 0.549. The monoisotopic (exact) mass is 346 g/mol. The number of imidazole rings is 1. The largest absolute Gasteiger partial charge is 0.312 e. The second kappa shape index (κ2) is 7.22. The van der Waals surface area contributed by atoms with Gasteiger partial charge in [0.05, 0.1) is 11.9 Å². The lowest BCUT2D eigenvalue weighted by Gasteiger charge is -2.10. The second-order valence-corrected chi connectivity index (χ2v) is 6.04. The first kappa shape index (κ1) is 16.4. The fourth-order valence-corrected chi connectivity index (χ4v) is 2.18. The van der Waals surface area contributed by atoms with Gasteiger partial charge in [-0.05, 0) is 22.9 Å². The fraction of sp³-hybridized carbons (Fsp3) is 0.538. The number of nitrogens with one attached hydrogen (secondary N) is 1. The highest BCUT2D eigenvalue weighted by Crippen LogP contribution is 2.20. The molecule has 106 valence electrons. The molecule has 2 aromatic rings. The predicted molar refractivity (Wildman–Crippen MR) is 83.8 cm³/mol. The minimum Gasteiger partial charge on any atom is -0.312 e. The molecule has 1 N–H and O–H groups in total. The number of hydrogen-bond donors (Lipinski definition) is 1. The molecule has 0 radical (unpaired) electrons. The molecule has 0 amide bonds. The van der Waals surface area contributed by atoms with E-state index in [4.69, 9.17) is 11.6 Å². The quantitative estimate of drug-likeness (QED) is 0.897. The highest BCUT2D eigenvalue weighted by atomic mass is 79.9.